The second kappa shape index (κ2) is 7.43. The Balaban J connectivity index is 1.36. The quantitative estimate of drug-likeness (QED) is 0.905. The van der Waals surface area contributed by atoms with Crippen molar-refractivity contribution in [3.05, 3.63) is 42.5 Å². The Morgan fingerprint density at radius 2 is 2.31 bits per heavy atom. The van der Waals surface area contributed by atoms with Gasteiger partial charge in [-0.1, -0.05) is 6.07 Å². The molecule has 0 radical (unpaired) electrons. The zero-order valence-corrected chi connectivity index (χ0v) is 14.6. The summed E-state index contributed by atoms with van der Waals surface area (Å²) in [7, 11) is 0. The lowest BCUT2D eigenvalue weighted by atomic mass is 9.94. The molecule has 2 aromatic heterocycles. The Hall–Kier alpha value is -2.45. The molecular formula is C18H23N5O3. The Labute approximate surface area is 152 Å². The van der Waals surface area contributed by atoms with E-state index in [1.54, 1.807) is 22.0 Å². The van der Waals surface area contributed by atoms with Crippen LogP contribution in [0.3, 0.4) is 0 Å². The van der Waals surface area contributed by atoms with Crippen LogP contribution in [0.5, 0.6) is 0 Å². The van der Waals surface area contributed by atoms with Gasteiger partial charge < -0.3 is 19.7 Å². The molecule has 0 bridgehead atoms. The van der Waals surface area contributed by atoms with Gasteiger partial charge in [0.1, 0.15) is 5.60 Å². The van der Waals surface area contributed by atoms with Crippen molar-refractivity contribution in [1.82, 2.24) is 19.7 Å². The predicted octanol–water partition coefficient (Wildman–Crippen LogP) is 1.74. The summed E-state index contributed by atoms with van der Waals surface area (Å²) in [6.07, 6.45) is 7.12. The highest BCUT2D eigenvalue weighted by Gasteiger charge is 2.40. The van der Waals surface area contributed by atoms with E-state index in [0.717, 1.165) is 25.1 Å². The van der Waals surface area contributed by atoms with Crippen LogP contribution in [0, 0.1) is 0 Å². The number of urea groups is 1. The third kappa shape index (κ3) is 3.86. The molecule has 2 aliphatic heterocycles. The summed E-state index contributed by atoms with van der Waals surface area (Å²) in [5.74, 6) is 0. The van der Waals surface area contributed by atoms with Crippen molar-refractivity contribution in [3.63, 3.8) is 0 Å². The molecule has 4 heterocycles. The Bertz CT molecular complexity index is 737. The summed E-state index contributed by atoms with van der Waals surface area (Å²) in [5.41, 5.74) is 1.24. The van der Waals surface area contributed by atoms with E-state index in [4.69, 9.17) is 9.47 Å². The Kier molecular flexibility index (Phi) is 4.85. The Morgan fingerprint density at radius 1 is 1.35 bits per heavy atom. The van der Waals surface area contributed by atoms with Crippen LogP contribution in [0.1, 0.15) is 18.5 Å². The second-order valence-electron chi connectivity index (χ2n) is 6.79. The molecule has 2 amide bonds. The smallest absolute Gasteiger partial charge is 0.322 e. The highest BCUT2D eigenvalue weighted by atomic mass is 16.5. The topological polar surface area (TPSA) is 81.5 Å². The van der Waals surface area contributed by atoms with Gasteiger partial charge in [-0.2, -0.15) is 5.10 Å². The number of hydrogen-bond acceptors (Lipinski definition) is 5. The highest BCUT2D eigenvalue weighted by Crippen LogP contribution is 2.27. The van der Waals surface area contributed by atoms with Crippen LogP contribution in [-0.4, -0.2) is 64.2 Å². The normalized spacial score (nSPS) is 23.2. The van der Waals surface area contributed by atoms with Gasteiger partial charge in [0.05, 0.1) is 43.9 Å². The lowest BCUT2D eigenvalue weighted by Gasteiger charge is -2.44. The number of hydrogen-bond donors (Lipinski definition) is 1. The molecule has 2 fully saturated rings. The van der Waals surface area contributed by atoms with E-state index in [1.165, 1.54) is 0 Å². The van der Waals surface area contributed by atoms with Crippen LogP contribution in [0.15, 0.2) is 36.8 Å². The summed E-state index contributed by atoms with van der Waals surface area (Å²) in [5, 5.41) is 7.22. The van der Waals surface area contributed by atoms with E-state index >= 15 is 0 Å². The van der Waals surface area contributed by atoms with Gasteiger partial charge in [0, 0.05) is 25.5 Å². The van der Waals surface area contributed by atoms with Gasteiger partial charge in [-0.05, 0) is 25.0 Å². The molecule has 0 aliphatic carbocycles. The third-order valence-corrected chi connectivity index (χ3v) is 4.76. The number of carbonyl (C=O) groups excluding carboxylic acids is 1. The monoisotopic (exact) mass is 357 g/mol. The minimum absolute atomic E-state index is 0.129. The summed E-state index contributed by atoms with van der Waals surface area (Å²) in [6.45, 7) is 3.56. The first-order chi connectivity index (χ1) is 12.7. The van der Waals surface area contributed by atoms with Crippen molar-refractivity contribution in [2.75, 3.05) is 38.2 Å². The van der Waals surface area contributed by atoms with Gasteiger partial charge in [0.2, 0.25) is 0 Å². The lowest BCUT2D eigenvalue weighted by Crippen LogP contribution is -2.58. The van der Waals surface area contributed by atoms with E-state index in [2.05, 4.69) is 15.4 Å². The van der Waals surface area contributed by atoms with Gasteiger partial charge in [0.25, 0.3) is 0 Å². The molecule has 138 valence electrons. The highest BCUT2D eigenvalue weighted by molar-refractivity contribution is 5.89. The molecular weight excluding hydrogens is 334 g/mol. The number of anilines is 1. The van der Waals surface area contributed by atoms with Crippen LogP contribution in [0.25, 0.3) is 0 Å². The zero-order chi connectivity index (χ0) is 17.8. The summed E-state index contributed by atoms with van der Waals surface area (Å²) < 4.78 is 13.3. The summed E-state index contributed by atoms with van der Waals surface area (Å²) in [6, 6.07) is 5.64. The first kappa shape index (κ1) is 17.0. The summed E-state index contributed by atoms with van der Waals surface area (Å²) >= 11 is 0. The molecule has 0 aromatic carbocycles. The first-order valence-electron chi connectivity index (χ1n) is 8.93. The van der Waals surface area contributed by atoms with Gasteiger partial charge in [0.15, 0.2) is 0 Å². The minimum atomic E-state index is -0.350. The maximum absolute atomic E-state index is 12.6. The molecule has 4 rings (SSSR count). The second-order valence-corrected chi connectivity index (χ2v) is 6.79. The molecule has 1 unspecified atom stereocenters. The molecule has 2 aromatic rings. The lowest BCUT2D eigenvalue weighted by molar-refractivity contribution is -0.159. The van der Waals surface area contributed by atoms with E-state index in [-0.39, 0.29) is 11.6 Å². The largest absolute Gasteiger partial charge is 0.378 e. The van der Waals surface area contributed by atoms with E-state index < -0.39 is 0 Å². The number of carbonyl (C=O) groups is 1. The number of ether oxygens (including phenoxy) is 2. The molecule has 0 saturated carbocycles. The van der Waals surface area contributed by atoms with Crippen molar-refractivity contribution in [2.24, 2.45) is 0 Å². The van der Waals surface area contributed by atoms with Gasteiger partial charge in [-0.15, -0.1) is 0 Å². The average Bonchev–Trinajstić information content (AvgIpc) is 3.10. The van der Waals surface area contributed by atoms with Crippen molar-refractivity contribution in [3.8, 4) is 0 Å². The number of amides is 2. The summed E-state index contributed by atoms with van der Waals surface area (Å²) in [4.78, 5) is 18.7. The van der Waals surface area contributed by atoms with Crippen LogP contribution >= 0.6 is 0 Å². The molecule has 1 N–H and O–H groups in total. The zero-order valence-electron chi connectivity index (χ0n) is 14.6. The predicted molar refractivity (Wildman–Crippen MR) is 94.9 cm³/mol. The molecule has 2 aliphatic rings. The van der Waals surface area contributed by atoms with E-state index in [0.29, 0.717) is 38.5 Å². The van der Waals surface area contributed by atoms with Crippen molar-refractivity contribution >= 4 is 11.7 Å². The maximum atomic E-state index is 12.6. The molecule has 8 heteroatoms. The molecule has 1 spiro atoms. The number of nitrogens with one attached hydrogen (secondary N) is 1. The maximum Gasteiger partial charge on any atom is 0.322 e. The third-order valence-electron chi connectivity index (χ3n) is 4.76. The van der Waals surface area contributed by atoms with Crippen LogP contribution < -0.4 is 5.32 Å². The number of aromatic nitrogens is 3. The fourth-order valence-corrected chi connectivity index (χ4v) is 3.46. The van der Waals surface area contributed by atoms with Crippen molar-refractivity contribution < 1.29 is 14.3 Å². The number of rotatable bonds is 3. The number of pyridine rings is 1. The van der Waals surface area contributed by atoms with Crippen LogP contribution in [0.2, 0.25) is 0 Å². The number of morpholine rings is 1. The van der Waals surface area contributed by atoms with Crippen molar-refractivity contribution in [2.45, 2.75) is 25.0 Å². The average molecular weight is 357 g/mol. The first-order valence-corrected chi connectivity index (χ1v) is 8.93. The SMILES string of the molecule is O=C(Nc1cnn(Cc2ccccn2)c1)N1CCOC2(CCCOC2)C1. The Morgan fingerprint density at radius 3 is 3.12 bits per heavy atom. The molecule has 26 heavy (non-hydrogen) atoms. The molecule has 2 saturated heterocycles. The van der Waals surface area contributed by atoms with Gasteiger partial charge >= 0.3 is 6.03 Å². The fourth-order valence-electron chi connectivity index (χ4n) is 3.46. The number of nitrogens with zero attached hydrogens (tertiary/aromatic N) is 4. The van der Waals surface area contributed by atoms with Gasteiger partial charge in [-0.25, -0.2) is 4.79 Å². The molecule has 1 atom stereocenters. The standard InChI is InChI=1S/C18H23N5O3/c24-17(22-7-9-26-18(13-22)5-3-8-25-14-18)21-16-10-20-23(12-16)11-15-4-1-2-6-19-15/h1-2,4,6,10,12H,3,5,7-9,11,13-14H2,(H,21,24). The van der Waals surface area contributed by atoms with E-state index in [1.807, 2.05) is 24.4 Å². The minimum Gasteiger partial charge on any atom is -0.378 e. The van der Waals surface area contributed by atoms with Gasteiger partial charge in [-0.3, -0.25) is 9.67 Å². The van der Waals surface area contributed by atoms with E-state index in [9.17, 15) is 4.79 Å². The molecule has 8 nitrogen and oxygen atoms in total. The van der Waals surface area contributed by atoms with Crippen LogP contribution in [-0.2, 0) is 16.0 Å². The van der Waals surface area contributed by atoms with Crippen molar-refractivity contribution in [1.29, 1.82) is 0 Å². The van der Waals surface area contributed by atoms with Crippen LogP contribution in [0.4, 0.5) is 10.5 Å². The fraction of sp³-hybridized carbons (Fsp3) is 0.500.